The van der Waals surface area contributed by atoms with Crippen molar-refractivity contribution in [1.82, 2.24) is 9.55 Å². The van der Waals surface area contributed by atoms with E-state index < -0.39 is 0 Å². The Bertz CT molecular complexity index is 440. The molecule has 0 N–H and O–H groups in total. The van der Waals surface area contributed by atoms with Gasteiger partial charge in [-0.3, -0.25) is 0 Å². The number of halogens is 1. The molecule has 1 heterocycles. The van der Waals surface area contributed by atoms with Gasteiger partial charge in [0.25, 0.3) is 0 Å². The summed E-state index contributed by atoms with van der Waals surface area (Å²) in [7, 11) is 0. The normalized spacial score (nSPS) is 10.5. The van der Waals surface area contributed by atoms with Crippen molar-refractivity contribution in [3.8, 4) is 5.69 Å². The Hall–Kier alpha value is -0.930. The van der Waals surface area contributed by atoms with Crippen molar-refractivity contribution in [2.24, 2.45) is 0 Å². The van der Waals surface area contributed by atoms with E-state index in [1.165, 1.54) is 5.56 Å². The Morgan fingerprint density at radius 2 is 2.33 bits per heavy atom. The van der Waals surface area contributed by atoms with Crippen LogP contribution in [0.1, 0.15) is 5.56 Å². The Balaban J connectivity index is 2.33. The highest BCUT2D eigenvalue weighted by Gasteiger charge is 2.02. The first-order valence-electron chi connectivity index (χ1n) is 4.57. The van der Waals surface area contributed by atoms with Gasteiger partial charge < -0.3 is 4.57 Å². The van der Waals surface area contributed by atoms with E-state index in [1.54, 1.807) is 24.3 Å². The standard InChI is InChI=1S/C11H11ClN2S/c1-15-7-9-2-3-10(6-11(9)12)14-5-4-13-8-14/h2-6,8H,7H2,1H3. The summed E-state index contributed by atoms with van der Waals surface area (Å²) in [6.07, 6.45) is 7.49. The van der Waals surface area contributed by atoms with Crippen molar-refractivity contribution in [1.29, 1.82) is 0 Å². The predicted molar refractivity (Wildman–Crippen MR) is 65.8 cm³/mol. The SMILES string of the molecule is CSCc1ccc(-n2ccnc2)cc1Cl. The molecule has 2 aromatic rings. The zero-order valence-electron chi connectivity index (χ0n) is 8.35. The number of hydrogen-bond donors (Lipinski definition) is 0. The highest BCUT2D eigenvalue weighted by molar-refractivity contribution is 7.97. The fourth-order valence-corrected chi connectivity index (χ4v) is 2.26. The molecule has 2 nitrogen and oxygen atoms in total. The molecule has 0 spiro atoms. The van der Waals surface area contributed by atoms with Crippen LogP contribution in [0.5, 0.6) is 0 Å². The van der Waals surface area contributed by atoms with E-state index in [4.69, 9.17) is 11.6 Å². The highest BCUT2D eigenvalue weighted by Crippen LogP contribution is 2.23. The smallest absolute Gasteiger partial charge is 0.0991 e. The molecule has 0 aliphatic heterocycles. The van der Waals surface area contributed by atoms with Crippen LogP contribution in [-0.2, 0) is 5.75 Å². The van der Waals surface area contributed by atoms with Gasteiger partial charge in [0.05, 0.1) is 6.33 Å². The summed E-state index contributed by atoms with van der Waals surface area (Å²) in [5, 5.41) is 0.815. The summed E-state index contributed by atoms with van der Waals surface area (Å²) in [6.45, 7) is 0. The summed E-state index contributed by atoms with van der Waals surface area (Å²) in [6, 6.07) is 6.09. The van der Waals surface area contributed by atoms with E-state index in [0.29, 0.717) is 0 Å². The zero-order chi connectivity index (χ0) is 10.7. The number of rotatable bonds is 3. The first-order chi connectivity index (χ1) is 7.31. The molecule has 0 aliphatic rings. The van der Waals surface area contributed by atoms with E-state index in [2.05, 4.69) is 23.4 Å². The van der Waals surface area contributed by atoms with Gasteiger partial charge in [-0.25, -0.2) is 4.98 Å². The van der Waals surface area contributed by atoms with Gasteiger partial charge in [-0.1, -0.05) is 17.7 Å². The molecule has 0 atom stereocenters. The van der Waals surface area contributed by atoms with Gasteiger partial charge in [0.1, 0.15) is 0 Å². The second-order valence-electron chi connectivity index (χ2n) is 3.18. The molecular weight excluding hydrogens is 228 g/mol. The molecule has 1 aromatic carbocycles. The second kappa shape index (κ2) is 4.73. The lowest BCUT2D eigenvalue weighted by molar-refractivity contribution is 1.05. The van der Waals surface area contributed by atoms with E-state index in [0.717, 1.165) is 16.5 Å². The van der Waals surface area contributed by atoms with Crippen molar-refractivity contribution >= 4 is 23.4 Å². The summed E-state index contributed by atoms with van der Waals surface area (Å²) in [5.74, 6) is 0.947. The molecular formula is C11H11ClN2S. The lowest BCUT2D eigenvalue weighted by atomic mass is 10.2. The van der Waals surface area contributed by atoms with E-state index in [9.17, 15) is 0 Å². The first-order valence-corrected chi connectivity index (χ1v) is 6.34. The lowest BCUT2D eigenvalue weighted by Crippen LogP contribution is -1.91. The van der Waals surface area contributed by atoms with Gasteiger partial charge in [0.15, 0.2) is 0 Å². The van der Waals surface area contributed by atoms with Crippen molar-refractivity contribution in [3.05, 3.63) is 47.5 Å². The summed E-state index contributed by atoms with van der Waals surface area (Å²) in [5.41, 5.74) is 2.22. The fourth-order valence-electron chi connectivity index (χ4n) is 1.38. The van der Waals surface area contributed by atoms with E-state index in [1.807, 2.05) is 16.8 Å². The maximum absolute atomic E-state index is 6.18. The molecule has 0 radical (unpaired) electrons. The van der Waals surface area contributed by atoms with Crippen LogP contribution in [0.3, 0.4) is 0 Å². The number of imidazole rings is 1. The third kappa shape index (κ3) is 2.36. The second-order valence-corrected chi connectivity index (χ2v) is 4.45. The Morgan fingerprint density at radius 3 is 2.93 bits per heavy atom. The third-order valence-electron chi connectivity index (χ3n) is 2.14. The molecule has 4 heteroatoms. The molecule has 2 rings (SSSR count). The third-order valence-corrected chi connectivity index (χ3v) is 3.09. The summed E-state index contributed by atoms with van der Waals surface area (Å²) >= 11 is 7.95. The molecule has 0 amide bonds. The molecule has 15 heavy (non-hydrogen) atoms. The lowest BCUT2D eigenvalue weighted by Gasteiger charge is -2.06. The van der Waals surface area contributed by atoms with Crippen molar-refractivity contribution in [2.45, 2.75) is 5.75 Å². The largest absolute Gasteiger partial charge is 0.306 e. The number of nitrogens with zero attached hydrogens (tertiary/aromatic N) is 2. The number of hydrogen-bond acceptors (Lipinski definition) is 2. The van der Waals surface area contributed by atoms with Crippen LogP contribution in [0.25, 0.3) is 5.69 Å². The van der Waals surface area contributed by atoms with Gasteiger partial charge in [-0.2, -0.15) is 11.8 Å². The molecule has 0 saturated carbocycles. The van der Waals surface area contributed by atoms with E-state index >= 15 is 0 Å². The van der Waals surface area contributed by atoms with Gasteiger partial charge in [0.2, 0.25) is 0 Å². The Labute approximate surface area is 98.3 Å². The minimum absolute atomic E-state index is 0.815. The van der Waals surface area contributed by atoms with Crippen LogP contribution in [0.4, 0.5) is 0 Å². The first kappa shape index (κ1) is 10.6. The molecule has 78 valence electrons. The molecule has 0 bridgehead atoms. The van der Waals surface area contributed by atoms with Crippen molar-refractivity contribution < 1.29 is 0 Å². The van der Waals surface area contributed by atoms with Gasteiger partial charge in [-0.15, -0.1) is 0 Å². The fraction of sp³-hybridized carbons (Fsp3) is 0.182. The highest BCUT2D eigenvalue weighted by atomic mass is 35.5. The average Bonchev–Trinajstić information content (AvgIpc) is 2.74. The van der Waals surface area contributed by atoms with Crippen molar-refractivity contribution in [3.63, 3.8) is 0 Å². The summed E-state index contributed by atoms with van der Waals surface area (Å²) < 4.78 is 1.94. The molecule has 0 unspecified atom stereocenters. The number of aromatic nitrogens is 2. The van der Waals surface area contributed by atoms with Crippen LogP contribution >= 0.6 is 23.4 Å². The topological polar surface area (TPSA) is 17.8 Å². The van der Waals surface area contributed by atoms with Crippen molar-refractivity contribution in [2.75, 3.05) is 6.26 Å². The van der Waals surface area contributed by atoms with Crippen LogP contribution < -0.4 is 0 Å². The summed E-state index contributed by atoms with van der Waals surface area (Å²) in [4.78, 5) is 4.00. The maximum atomic E-state index is 6.18. The molecule has 0 fully saturated rings. The predicted octanol–water partition coefficient (Wildman–Crippen LogP) is 3.39. The molecule has 0 saturated heterocycles. The van der Waals surface area contributed by atoms with Crippen LogP contribution in [0.2, 0.25) is 5.02 Å². The minimum Gasteiger partial charge on any atom is -0.306 e. The Morgan fingerprint density at radius 1 is 1.47 bits per heavy atom. The van der Waals surface area contributed by atoms with Gasteiger partial charge in [0, 0.05) is 28.9 Å². The van der Waals surface area contributed by atoms with Crippen LogP contribution in [0, 0.1) is 0 Å². The number of thioether (sulfide) groups is 1. The maximum Gasteiger partial charge on any atom is 0.0991 e. The molecule has 1 aromatic heterocycles. The number of benzene rings is 1. The minimum atomic E-state index is 0.815. The van der Waals surface area contributed by atoms with Gasteiger partial charge >= 0.3 is 0 Å². The monoisotopic (exact) mass is 238 g/mol. The van der Waals surface area contributed by atoms with Crippen LogP contribution in [-0.4, -0.2) is 15.8 Å². The van der Waals surface area contributed by atoms with Gasteiger partial charge in [-0.05, 0) is 24.0 Å². The average molecular weight is 239 g/mol. The quantitative estimate of drug-likeness (QED) is 0.816. The Kier molecular flexibility index (Phi) is 3.34. The molecule has 0 aliphatic carbocycles. The van der Waals surface area contributed by atoms with E-state index in [-0.39, 0.29) is 0 Å². The van der Waals surface area contributed by atoms with Crippen LogP contribution in [0.15, 0.2) is 36.9 Å². The zero-order valence-corrected chi connectivity index (χ0v) is 9.92.